The number of aromatic nitrogens is 2. The Hall–Kier alpha value is -2.71. The van der Waals surface area contributed by atoms with E-state index >= 15 is 0 Å². The number of nitrogens with one attached hydrogen (secondary N) is 1. The fourth-order valence-electron chi connectivity index (χ4n) is 4.16. The van der Waals surface area contributed by atoms with Crippen molar-refractivity contribution in [3.8, 4) is 17.1 Å². The average molecular weight is 513 g/mol. The van der Waals surface area contributed by atoms with Crippen LogP contribution in [-0.2, 0) is 11.3 Å². The highest BCUT2D eigenvalue weighted by Crippen LogP contribution is 2.25. The van der Waals surface area contributed by atoms with Crippen LogP contribution in [0.2, 0.25) is 0 Å². The maximum Gasteiger partial charge on any atom is 0.241 e. The summed E-state index contributed by atoms with van der Waals surface area (Å²) in [6.07, 6.45) is 2.48. The van der Waals surface area contributed by atoms with E-state index in [9.17, 15) is 4.79 Å². The number of benzene rings is 2. The summed E-state index contributed by atoms with van der Waals surface area (Å²) in [7, 11) is 1.65. The molecule has 3 aromatic rings. The van der Waals surface area contributed by atoms with E-state index in [1.807, 2.05) is 48.5 Å². The van der Waals surface area contributed by atoms with Gasteiger partial charge in [0.2, 0.25) is 17.6 Å². The van der Waals surface area contributed by atoms with Crippen LogP contribution in [0.4, 0.5) is 0 Å². The standard InChI is InChI=1S/C25H29BrN4O3/c1-3-22(17-7-9-21(32-2)10-8-17)27-25(31)18-11-13-30(14-12-18)16-23-28-24(29-33-23)19-5-4-6-20(26)15-19/h4-10,15,18,22H,3,11-14,16H2,1-2H3,(H,27,31). The van der Waals surface area contributed by atoms with Crippen molar-refractivity contribution in [3.05, 3.63) is 64.5 Å². The summed E-state index contributed by atoms with van der Waals surface area (Å²) in [5.41, 5.74) is 2.01. The Kier molecular flexibility index (Phi) is 7.77. The predicted octanol–water partition coefficient (Wildman–Crippen LogP) is 4.99. The third-order valence-corrected chi connectivity index (χ3v) is 6.60. The zero-order valence-electron chi connectivity index (χ0n) is 19.0. The Morgan fingerprint density at radius 1 is 1.24 bits per heavy atom. The van der Waals surface area contributed by atoms with Gasteiger partial charge < -0.3 is 14.6 Å². The minimum Gasteiger partial charge on any atom is -0.497 e. The molecule has 0 bridgehead atoms. The molecule has 33 heavy (non-hydrogen) atoms. The van der Waals surface area contributed by atoms with Gasteiger partial charge in [-0.3, -0.25) is 9.69 Å². The van der Waals surface area contributed by atoms with Crippen LogP contribution in [0.25, 0.3) is 11.4 Å². The molecule has 4 rings (SSSR count). The number of methoxy groups -OCH3 is 1. The minimum absolute atomic E-state index is 0.0104. The van der Waals surface area contributed by atoms with Gasteiger partial charge in [-0.1, -0.05) is 52.3 Å². The number of nitrogens with zero attached hydrogens (tertiary/aromatic N) is 3. The number of hydrogen-bond acceptors (Lipinski definition) is 6. The number of ether oxygens (including phenoxy) is 1. The lowest BCUT2D eigenvalue weighted by Crippen LogP contribution is -2.41. The minimum atomic E-state index is 0.0104. The number of carbonyl (C=O) groups is 1. The van der Waals surface area contributed by atoms with Crippen LogP contribution in [-0.4, -0.2) is 41.1 Å². The number of carbonyl (C=O) groups excluding carboxylic acids is 1. The lowest BCUT2D eigenvalue weighted by atomic mass is 9.94. The first kappa shape index (κ1) is 23.4. The normalized spacial score (nSPS) is 15.8. The molecular weight excluding hydrogens is 484 g/mol. The zero-order chi connectivity index (χ0) is 23.2. The van der Waals surface area contributed by atoms with E-state index in [0.717, 1.165) is 53.7 Å². The number of rotatable bonds is 8. The molecule has 1 fully saturated rings. The first-order chi connectivity index (χ1) is 16.1. The molecule has 1 aliphatic rings. The fourth-order valence-corrected chi connectivity index (χ4v) is 4.55. The molecular formula is C25H29BrN4O3. The van der Waals surface area contributed by atoms with Crippen LogP contribution in [0.15, 0.2) is 57.5 Å². The number of halogens is 1. The highest BCUT2D eigenvalue weighted by molar-refractivity contribution is 9.10. The largest absolute Gasteiger partial charge is 0.497 e. The summed E-state index contributed by atoms with van der Waals surface area (Å²) in [6.45, 7) is 4.33. The Morgan fingerprint density at radius 2 is 2.00 bits per heavy atom. The van der Waals surface area contributed by atoms with Crippen molar-refractivity contribution in [2.45, 2.75) is 38.8 Å². The van der Waals surface area contributed by atoms with Crippen LogP contribution in [0.3, 0.4) is 0 Å². The third kappa shape index (κ3) is 6.00. The van der Waals surface area contributed by atoms with Crippen molar-refractivity contribution < 1.29 is 14.1 Å². The second kappa shape index (κ2) is 10.9. The summed E-state index contributed by atoms with van der Waals surface area (Å²) in [4.78, 5) is 19.7. The van der Waals surface area contributed by atoms with Gasteiger partial charge in [0.05, 0.1) is 19.7 Å². The smallest absolute Gasteiger partial charge is 0.241 e. The first-order valence-corrected chi connectivity index (χ1v) is 12.1. The van der Waals surface area contributed by atoms with Crippen LogP contribution in [0, 0.1) is 5.92 Å². The Morgan fingerprint density at radius 3 is 2.67 bits per heavy atom. The highest BCUT2D eigenvalue weighted by Gasteiger charge is 2.27. The number of piperidine rings is 1. The topological polar surface area (TPSA) is 80.5 Å². The van der Waals surface area contributed by atoms with Crippen molar-refractivity contribution in [1.82, 2.24) is 20.4 Å². The zero-order valence-corrected chi connectivity index (χ0v) is 20.5. The number of likely N-dealkylation sites (tertiary alicyclic amines) is 1. The Balaban J connectivity index is 1.28. The third-order valence-electron chi connectivity index (χ3n) is 6.11. The van der Waals surface area contributed by atoms with Crippen molar-refractivity contribution >= 4 is 21.8 Å². The summed E-state index contributed by atoms with van der Waals surface area (Å²) in [6, 6.07) is 15.7. The SMILES string of the molecule is CCC(NC(=O)C1CCN(Cc2nc(-c3cccc(Br)c3)no2)CC1)c1ccc(OC)cc1. The van der Waals surface area contributed by atoms with Crippen molar-refractivity contribution in [2.75, 3.05) is 20.2 Å². The highest BCUT2D eigenvalue weighted by atomic mass is 79.9. The van der Waals surface area contributed by atoms with Crippen molar-refractivity contribution in [3.63, 3.8) is 0 Å². The molecule has 1 N–H and O–H groups in total. The van der Waals surface area contributed by atoms with Gasteiger partial charge in [-0.15, -0.1) is 0 Å². The Bertz CT molecular complexity index is 1060. The van der Waals surface area contributed by atoms with Gasteiger partial charge in [-0.25, -0.2) is 0 Å². The van der Waals surface area contributed by atoms with Gasteiger partial charge in [-0.2, -0.15) is 4.98 Å². The maximum absolute atomic E-state index is 12.9. The van der Waals surface area contributed by atoms with E-state index in [2.05, 4.69) is 43.2 Å². The predicted molar refractivity (Wildman–Crippen MR) is 130 cm³/mol. The molecule has 0 aliphatic carbocycles. The molecule has 1 unspecified atom stereocenters. The molecule has 0 spiro atoms. The van der Waals surface area contributed by atoms with Crippen LogP contribution in [0.1, 0.15) is 43.7 Å². The summed E-state index contributed by atoms with van der Waals surface area (Å²) in [5, 5.41) is 7.35. The molecule has 2 heterocycles. The second-order valence-corrected chi connectivity index (χ2v) is 9.23. The van der Waals surface area contributed by atoms with Crippen molar-refractivity contribution in [1.29, 1.82) is 0 Å². The first-order valence-electron chi connectivity index (χ1n) is 11.3. The number of hydrogen-bond donors (Lipinski definition) is 1. The van der Waals surface area contributed by atoms with E-state index < -0.39 is 0 Å². The quantitative estimate of drug-likeness (QED) is 0.458. The molecule has 0 saturated carbocycles. The summed E-state index contributed by atoms with van der Waals surface area (Å²) >= 11 is 3.47. The van der Waals surface area contributed by atoms with Crippen LogP contribution in [0.5, 0.6) is 5.75 Å². The lowest BCUT2D eigenvalue weighted by Gasteiger charge is -2.31. The van der Waals surface area contributed by atoms with E-state index in [0.29, 0.717) is 18.3 Å². The van der Waals surface area contributed by atoms with E-state index in [4.69, 9.17) is 9.26 Å². The van der Waals surface area contributed by atoms with Gasteiger partial charge in [-0.05, 0) is 62.2 Å². The molecule has 174 valence electrons. The number of amides is 1. The summed E-state index contributed by atoms with van der Waals surface area (Å²) in [5.74, 6) is 2.15. The Labute approximate surface area is 202 Å². The molecule has 7 nitrogen and oxygen atoms in total. The molecule has 1 aliphatic heterocycles. The fraction of sp³-hybridized carbons (Fsp3) is 0.400. The monoisotopic (exact) mass is 512 g/mol. The molecule has 1 atom stereocenters. The van der Waals surface area contributed by atoms with Crippen molar-refractivity contribution in [2.24, 2.45) is 5.92 Å². The van der Waals surface area contributed by atoms with Crippen LogP contribution >= 0.6 is 15.9 Å². The van der Waals surface area contributed by atoms with Gasteiger partial charge >= 0.3 is 0 Å². The second-order valence-electron chi connectivity index (χ2n) is 8.32. The molecule has 2 aromatic carbocycles. The summed E-state index contributed by atoms with van der Waals surface area (Å²) < 4.78 is 11.7. The van der Waals surface area contributed by atoms with E-state index in [-0.39, 0.29) is 17.9 Å². The molecule has 1 amide bonds. The van der Waals surface area contributed by atoms with Gasteiger partial charge in [0.25, 0.3) is 0 Å². The van der Waals surface area contributed by atoms with Crippen LogP contribution < -0.4 is 10.1 Å². The van der Waals surface area contributed by atoms with Gasteiger partial charge in [0.15, 0.2) is 0 Å². The van der Waals surface area contributed by atoms with E-state index in [1.165, 1.54) is 0 Å². The molecule has 8 heteroatoms. The van der Waals surface area contributed by atoms with Gasteiger partial charge in [0, 0.05) is 16.0 Å². The maximum atomic E-state index is 12.9. The average Bonchev–Trinajstić information content (AvgIpc) is 3.31. The van der Waals surface area contributed by atoms with E-state index in [1.54, 1.807) is 7.11 Å². The molecule has 1 saturated heterocycles. The van der Waals surface area contributed by atoms with Gasteiger partial charge in [0.1, 0.15) is 5.75 Å². The molecule has 0 radical (unpaired) electrons. The molecule has 1 aromatic heterocycles. The lowest BCUT2D eigenvalue weighted by molar-refractivity contribution is -0.127.